The van der Waals surface area contributed by atoms with Gasteiger partial charge in [0.05, 0.1) is 0 Å². The maximum atomic E-state index is 12.9. The minimum Gasteiger partial charge on any atom is -0.339 e. The van der Waals surface area contributed by atoms with E-state index in [0.717, 1.165) is 25.9 Å². The smallest absolute Gasteiger partial charge is 0.272 e. The van der Waals surface area contributed by atoms with Gasteiger partial charge in [-0.3, -0.25) is 14.6 Å². The van der Waals surface area contributed by atoms with Crippen LogP contribution in [0.5, 0.6) is 0 Å². The van der Waals surface area contributed by atoms with Gasteiger partial charge in [0.15, 0.2) is 0 Å². The molecule has 2 saturated heterocycles. The first-order chi connectivity index (χ1) is 14.1. The molecule has 0 bridgehead atoms. The van der Waals surface area contributed by atoms with Gasteiger partial charge in [0.2, 0.25) is 5.95 Å². The van der Waals surface area contributed by atoms with Gasteiger partial charge in [0.1, 0.15) is 5.69 Å². The molecule has 8 nitrogen and oxygen atoms in total. The lowest BCUT2D eigenvalue weighted by Gasteiger charge is -2.34. The van der Waals surface area contributed by atoms with Crippen LogP contribution in [0.1, 0.15) is 40.6 Å². The number of anilines is 1. The number of piperidine rings is 1. The zero-order valence-electron chi connectivity index (χ0n) is 16.7. The second kappa shape index (κ2) is 8.55. The third-order valence-electron chi connectivity index (χ3n) is 5.70. The van der Waals surface area contributed by atoms with Crippen LogP contribution in [-0.2, 0) is 0 Å². The van der Waals surface area contributed by atoms with Crippen molar-refractivity contribution in [1.29, 1.82) is 0 Å². The van der Waals surface area contributed by atoms with Gasteiger partial charge in [-0.15, -0.1) is 0 Å². The number of nitrogens with zero attached hydrogens (tertiary/aromatic N) is 6. The van der Waals surface area contributed by atoms with Crippen molar-refractivity contribution in [2.75, 3.05) is 44.2 Å². The topological polar surface area (TPSA) is 82.5 Å². The molecular formula is C21H26N6O2. The molecule has 2 aliphatic heterocycles. The molecule has 2 aromatic rings. The van der Waals surface area contributed by atoms with Gasteiger partial charge in [-0.1, -0.05) is 6.92 Å². The molecule has 2 amide bonds. The fourth-order valence-electron chi connectivity index (χ4n) is 3.80. The van der Waals surface area contributed by atoms with E-state index in [1.165, 1.54) is 0 Å². The number of aromatic nitrogens is 3. The molecule has 0 N–H and O–H groups in total. The average molecular weight is 394 g/mol. The predicted octanol–water partition coefficient (Wildman–Crippen LogP) is 1.71. The van der Waals surface area contributed by atoms with Crippen molar-refractivity contribution in [3.05, 3.63) is 48.0 Å². The van der Waals surface area contributed by atoms with Gasteiger partial charge in [-0.2, -0.15) is 0 Å². The summed E-state index contributed by atoms with van der Waals surface area (Å²) in [7, 11) is 0. The lowest BCUT2D eigenvalue weighted by atomic mass is 9.98. The van der Waals surface area contributed by atoms with Crippen LogP contribution in [0.15, 0.2) is 36.8 Å². The molecule has 0 radical (unpaired) electrons. The average Bonchev–Trinajstić information content (AvgIpc) is 2.79. The molecule has 0 aromatic carbocycles. The molecule has 29 heavy (non-hydrogen) atoms. The van der Waals surface area contributed by atoms with Crippen molar-refractivity contribution < 1.29 is 9.59 Å². The van der Waals surface area contributed by atoms with E-state index in [4.69, 9.17) is 0 Å². The molecule has 0 atom stereocenters. The van der Waals surface area contributed by atoms with E-state index in [1.807, 2.05) is 4.90 Å². The van der Waals surface area contributed by atoms with Gasteiger partial charge in [-0.25, -0.2) is 9.97 Å². The molecule has 2 fully saturated rings. The van der Waals surface area contributed by atoms with Crippen LogP contribution in [0.4, 0.5) is 5.95 Å². The quantitative estimate of drug-likeness (QED) is 0.788. The molecular weight excluding hydrogens is 368 g/mol. The van der Waals surface area contributed by atoms with Crippen molar-refractivity contribution in [2.45, 2.75) is 19.8 Å². The Labute approximate surface area is 170 Å². The van der Waals surface area contributed by atoms with Crippen molar-refractivity contribution in [3.63, 3.8) is 0 Å². The van der Waals surface area contributed by atoms with Crippen molar-refractivity contribution in [1.82, 2.24) is 24.8 Å². The first kappa shape index (κ1) is 19.3. The fourth-order valence-corrected chi connectivity index (χ4v) is 3.80. The molecule has 0 spiro atoms. The fraction of sp³-hybridized carbons (Fsp3) is 0.476. The second-order valence-electron chi connectivity index (χ2n) is 7.73. The highest BCUT2D eigenvalue weighted by Crippen LogP contribution is 2.19. The predicted molar refractivity (Wildman–Crippen MR) is 109 cm³/mol. The zero-order valence-corrected chi connectivity index (χ0v) is 16.7. The maximum absolute atomic E-state index is 12.9. The standard InChI is InChI=1S/C21H26N6O2/c1-16-4-9-25(10-5-16)19(28)17-3-8-22-18(15-17)20(29)26-11-13-27(14-12-26)21-23-6-2-7-24-21/h2-3,6-8,15-16H,4-5,9-14H2,1H3. The van der Waals surface area contributed by atoms with Crippen molar-refractivity contribution in [3.8, 4) is 0 Å². The third kappa shape index (κ3) is 4.36. The summed E-state index contributed by atoms with van der Waals surface area (Å²) in [5.41, 5.74) is 0.861. The highest BCUT2D eigenvalue weighted by atomic mass is 16.2. The molecule has 0 saturated carbocycles. The summed E-state index contributed by atoms with van der Waals surface area (Å²) in [6.45, 7) is 6.24. The summed E-state index contributed by atoms with van der Waals surface area (Å²) < 4.78 is 0. The Kier molecular flexibility index (Phi) is 5.69. The van der Waals surface area contributed by atoms with Gasteiger partial charge in [-0.05, 0) is 37.0 Å². The van der Waals surface area contributed by atoms with E-state index < -0.39 is 0 Å². The summed E-state index contributed by atoms with van der Waals surface area (Å²) >= 11 is 0. The molecule has 2 aromatic heterocycles. The van der Waals surface area contributed by atoms with E-state index in [1.54, 1.807) is 41.7 Å². The minimum atomic E-state index is -0.138. The number of carbonyl (C=O) groups excluding carboxylic acids is 2. The summed E-state index contributed by atoms with van der Waals surface area (Å²) in [5.74, 6) is 1.19. The van der Waals surface area contributed by atoms with Crippen LogP contribution in [-0.4, -0.2) is 75.8 Å². The lowest BCUT2D eigenvalue weighted by Crippen LogP contribution is -2.49. The number of hydrogen-bond donors (Lipinski definition) is 0. The Bertz CT molecular complexity index is 858. The SMILES string of the molecule is CC1CCN(C(=O)c2ccnc(C(=O)N3CCN(c4ncccn4)CC3)c2)CC1. The van der Waals surface area contributed by atoms with Gasteiger partial charge >= 0.3 is 0 Å². The Balaban J connectivity index is 1.39. The molecule has 4 heterocycles. The van der Waals surface area contributed by atoms with Crippen molar-refractivity contribution >= 4 is 17.8 Å². The number of pyridine rings is 1. The number of amides is 2. The Morgan fingerprint density at radius 3 is 2.21 bits per heavy atom. The van der Waals surface area contributed by atoms with E-state index in [9.17, 15) is 9.59 Å². The number of hydrogen-bond acceptors (Lipinski definition) is 6. The van der Waals surface area contributed by atoms with Crippen LogP contribution in [0.3, 0.4) is 0 Å². The summed E-state index contributed by atoms with van der Waals surface area (Å²) in [6, 6.07) is 5.12. The zero-order chi connectivity index (χ0) is 20.2. The highest BCUT2D eigenvalue weighted by molar-refractivity contribution is 5.98. The largest absolute Gasteiger partial charge is 0.339 e. The van der Waals surface area contributed by atoms with Crippen LogP contribution >= 0.6 is 0 Å². The second-order valence-corrected chi connectivity index (χ2v) is 7.73. The van der Waals surface area contributed by atoms with Crippen LogP contribution in [0.25, 0.3) is 0 Å². The number of carbonyl (C=O) groups is 2. The molecule has 0 aliphatic carbocycles. The molecule has 152 valence electrons. The Morgan fingerprint density at radius 2 is 1.52 bits per heavy atom. The van der Waals surface area contributed by atoms with Gasteiger partial charge < -0.3 is 14.7 Å². The maximum Gasteiger partial charge on any atom is 0.272 e. The van der Waals surface area contributed by atoms with Gasteiger partial charge in [0.25, 0.3) is 11.8 Å². The minimum absolute atomic E-state index is 0.0144. The molecule has 4 rings (SSSR count). The first-order valence-electron chi connectivity index (χ1n) is 10.2. The number of rotatable bonds is 3. The Hall–Kier alpha value is -3.03. The monoisotopic (exact) mass is 394 g/mol. The van der Waals surface area contributed by atoms with Crippen molar-refractivity contribution in [2.24, 2.45) is 5.92 Å². The lowest BCUT2D eigenvalue weighted by molar-refractivity contribution is 0.0697. The normalized spacial score (nSPS) is 18.0. The van der Waals surface area contributed by atoms with E-state index in [2.05, 4.69) is 26.8 Å². The summed E-state index contributed by atoms with van der Waals surface area (Å²) in [5, 5.41) is 0. The van der Waals surface area contributed by atoms with E-state index in [0.29, 0.717) is 49.3 Å². The van der Waals surface area contributed by atoms with Gasteiger partial charge in [0, 0.05) is 63.4 Å². The first-order valence-corrected chi connectivity index (χ1v) is 10.2. The van der Waals surface area contributed by atoms with E-state index in [-0.39, 0.29) is 11.8 Å². The molecule has 2 aliphatic rings. The number of likely N-dealkylation sites (tertiary alicyclic amines) is 1. The van der Waals surface area contributed by atoms with Crippen LogP contribution in [0.2, 0.25) is 0 Å². The van der Waals surface area contributed by atoms with Crippen LogP contribution in [0, 0.1) is 5.92 Å². The summed E-state index contributed by atoms with van der Waals surface area (Å²) in [6.07, 6.45) is 7.04. The third-order valence-corrected chi connectivity index (χ3v) is 5.70. The molecule has 8 heteroatoms. The molecule has 0 unspecified atom stereocenters. The van der Waals surface area contributed by atoms with E-state index >= 15 is 0 Å². The highest BCUT2D eigenvalue weighted by Gasteiger charge is 2.26. The number of piperazine rings is 1. The Morgan fingerprint density at radius 1 is 0.862 bits per heavy atom. The summed E-state index contributed by atoms with van der Waals surface area (Å²) in [4.78, 5) is 44.2. The van der Waals surface area contributed by atoms with Crippen LogP contribution < -0.4 is 4.90 Å².